The van der Waals surface area contributed by atoms with E-state index in [2.05, 4.69) is 75.8 Å². The maximum atomic E-state index is 11.9. The van der Waals surface area contributed by atoms with Gasteiger partial charge in [0.25, 0.3) is 11.4 Å². The minimum absolute atomic E-state index is 0.0170. The molecule has 7 aromatic rings. The molecule has 0 amide bonds. The molecule has 4 aromatic carbocycles. The largest absolute Gasteiger partial charge is 0.493 e. The van der Waals surface area contributed by atoms with E-state index in [-0.39, 0.29) is 22.2 Å². The molecule has 10 bridgehead atoms. The molecular formula is C55H48N6O6. The lowest BCUT2D eigenvalue weighted by Crippen LogP contribution is -2.12. The van der Waals surface area contributed by atoms with Crippen LogP contribution < -0.4 is 9.47 Å². The molecular weight excluding hydrogens is 841 g/mol. The van der Waals surface area contributed by atoms with E-state index in [0.717, 1.165) is 77.7 Å². The Balaban J connectivity index is 1.42. The molecule has 3 aromatic heterocycles. The average molecular weight is 889 g/mol. The lowest BCUT2D eigenvalue weighted by atomic mass is 9.85. The van der Waals surface area contributed by atoms with Crippen molar-refractivity contribution in [2.24, 2.45) is 0 Å². The zero-order valence-corrected chi connectivity index (χ0v) is 38.1. The third-order valence-electron chi connectivity index (χ3n) is 12.5. The maximum absolute atomic E-state index is 11.9. The summed E-state index contributed by atoms with van der Waals surface area (Å²) in [6.07, 6.45) is 8.57. The highest BCUT2D eigenvalue weighted by molar-refractivity contribution is 6.01. The monoisotopic (exact) mass is 888 g/mol. The first kappa shape index (κ1) is 42.8. The van der Waals surface area contributed by atoms with Crippen molar-refractivity contribution in [2.45, 2.75) is 58.8 Å². The summed E-state index contributed by atoms with van der Waals surface area (Å²) in [5.74, 6) is 1.35. The van der Waals surface area contributed by atoms with Crippen LogP contribution >= 0.6 is 0 Å². The molecule has 12 heteroatoms. The van der Waals surface area contributed by atoms with E-state index in [0.29, 0.717) is 53.9 Å². The Kier molecular flexibility index (Phi) is 10.5. The molecule has 0 spiro atoms. The SMILES string of the molecule is CC(C)(C)c1ccc2c(c1)-c1c3nc(c(-c4ccc([N+](=O)[O-])cc4)c4ccc([nH]4)c(c4nc(c(-c5ccc([N+](=O)[O-])cc5)c5ccc1[nH]5)C=C4)-c1cc(C(C)(C)C)ccc1OCCCO2)C=C3. The molecule has 7 heterocycles. The van der Waals surface area contributed by atoms with Crippen molar-refractivity contribution in [3.05, 3.63) is 163 Å². The summed E-state index contributed by atoms with van der Waals surface area (Å²) in [4.78, 5) is 41.3. The van der Waals surface area contributed by atoms with E-state index in [9.17, 15) is 20.2 Å². The van der Waals surface area contributed by atoms with Gasteiger partial charge in [-0.15, -0.1) is 0 Å². The summed E-state index contributed by atoms with van der Waals surface area (Å²) >= 11 is 0. The summed E-state index contributed by atoms with van der Waals surface area (Å²) in [6.45, 7) is 13.8. The number of fused-ring (bicyclic) bond motifs is 4. The zero-order valence-electron chi connectivity index (χ0n) is 38.1. The Morgan fingerprint density at radius 1 is 0.478 bits per heavy atom. The molecule has 0 unspecified atom stereocenters. The fourth-order valence-corrected chi connectivity index (χ4v) is 8.94. The first-order valence-corrected chi connectivity index (χ1v) is 22.3. The Hall–Kier alpha value is -8.12. The smallest absolute Gasteiger partial charge is 0.269 e. The van der Waals surface area contributed by atoms with Gasteiger partial charge in [-0.2, -0.15) is 0 Å². The lowest BCUT2D eigenvalue weighted by Gasteiger charge is -2.22. The molecule has 4 aliphatic rings. The standard InChI is InChI=1S/C55H48N6O6/c1-54(2,3)34-12-26-48-38(30-34)52-44-22-18-40(56-44)50(32-8-14-36(15-9-32)60(62)63)42-20-24-46(58-42)53(39-31-35(55(4,5)6)13-27-49(39)67-29-7-28-66-48)47-25-21-43(59-47)51(41-19-23-45(52)57-41)33-10-16-37(17-11-33)61(64)65/h8-27,30-31,56,59H,7,28-29H2,1-6H3. The number of nitrogens with zero attached hydrogens (tertiary/aromatic N) is 4. The van der Waals surface area contributed by atoms with Gasteiger partial charge in [-0.05, 0) is 130 Å². The van der Waals surface area contributed by atoms with Crippen molar-refractivity contribution in [2.75, 3.05) is 13.2 Å². The van der Waals surface area contributed by atoms with E-state index in [1.165, 1.54) is 24.3 Å². The van der Waals surface area contributed by atoms with Crippen LogP contribution in [0.1, 0.15) is 81.9 Å². The van der Waals surface area contributed by atoms with Crippen LogP contribution in [0.15, 0.2) is 109 Å². The molecule has 334 valence electrons. The van der Waals surface area contributed by atoms with Gasteiger partial charge in [0.15, 0.2) is 0 Å². The molecule has 4 aliphatic heterocycles. The molecule has 2 N–H and O–H groups in total. The number of non-ortho nitro benzene ring substituents is 2. The van der Waals surface area contributed by atoms with E-state index in [1.54, 1.807) is 24.3 Å². The van der Waals surface area contributed by atoms with Crippen LogP contribution in [0.2, 0.25) is 0 Å². The molecule has 67 heavy (non-hydrogen) atoms. The van der Waals surface area contributed by atoms with Crippen LogP contribution in [-0.4, -0.2) is 43.0 Å². The normalized spacial score (nSPS) is 13.4. The number of aromatic nitrogens is 4. The minimum atomic E-state index is -0.399. The Morgan fingerprint density at radius 3 is 1.16 bits per heavy atom. The predicted octanol–water partition coefficient (Wildman–Crippen LogP) is 13.9. The predicted molar refractivity (Wildman–Crippen MR) is 267 cm³/mol. The molecule has 0 radical (unpaired) electrons. The fourth-order valence-electron chi connectivity index (χ4n) is 8.94. The second kappa shape index (κ2) is 16.4. The summed E-state index contributed by atoms with van der Waals surface area (Å²) in [6, 6.07) is 33.8. The van der Waals surface area contributed by atoms with E-state index in [4.69, 9.17) is 19.4 Å². The van der Waals surface area contributed by atoms with Crippen molar-refractivity contribution in [3.8, 4) is 56.0 Å². The molecule has 0 atom stereocenters. The summed E-state index contributed by atoms with van der Waals surface area (Å²) in [7, 11) is 0. The van der Waals surface area contributed by atoms with Crippen LogP contribution in [0.5, 0.6) is 11.5 Å². The fraction of sp³-hybridized carbons (Fsp3) is 0.200. The number of hydrogen-bond donors (Lipinski definition) is 2. The van der Waals surface area contributed by atoms with Crippen LogP contribution in [0.4, 0.5) is 11.4 Å². The number of aromatic amines is 2. The third-order valence-corrected chi connectivity index (χ3v) is 12.5. The van der Waals surface area contributed by atoms with Crippen LogP contribution in [0, 0.1) is 20.2 Å². The van der Waals surface area contributed by atoms with E-state index >= 15 is 0 Å². The number of nitro groups is 2. The minimum Gasteiger partial charge on any atom is -0.493 e. The zero-order chi connectivity index (χ0) is 46.8. The van der Waals surface area contributed by atoms with Crippen molar-refractivity contribution >= 4 is 57.7 Å². The molecule has 12 nitrogen and oxygen atoms in total. The summed E-state index contributed by atoms with van der Waals surface area (Å²) in [5.41, 5.74) is 13.6. The van der Waals surface area contributed by atoms with Crippen molar-refractivity contribution < 1.29 is 19.3 Å². The molecule has 0 fully saturated rings. The topological polar surface area (TPSA) is 162 Å². The van der Waals surface area contributed by atoms with E-state index < -0.39 is 9.85 Å². The van der Waals surface area contributed by atoms with Crippen molar-refractivity contribution in [3.63, 3.8) is 0 Å². The van der Waals surface area contributed by atoms with Gasteiger partial charge in [0.1, 0.15) is 11.5 Å². The highest BCUT2D eigenvalue weighted by Gasteiger charge is 2.25. The third kappa shape index (κ3) is 8.05. The number of benzene rings is 4. The first-order chi connectivity index (χ1) is 32.1. The van der Waals surface area contributed by atoms with Gasteiger partial charge in [0.2, 0.25) is 0 Å². The van der Waals surface area contributed by atoms with Gasteiger partial charge in [0.05, 0.1) is 45.8 Å². The molecule has 11 rings (SSSR count). The summed E-state index contributed by atoms with van der Waals surface area (Å²) in [5, 5.41) is 23.7. The summed E-state index contributed by atoms with van der Waals surface area (Å²) < 4.78 is 13.5. The quantitative estimate of drug-likeness (QED) is 0.130. The molecule has 0 saturated carbocycles. The maximum Gasteiger partial charge on any atom is 0.269 e. The Bertz CT molecular complexity index is 3180. The number of ether oxygens (including phenoxy) is 2. The van der Waals surface area contributed by atoms with Gasteiger partial charge in [-0.25, -0.2) is 9.97 Å². The van der Waals surface area contributed by atoms with E-state index in [1.807, 2.05) is 60.7 Å². The Labute approximate surface area is 387 Å². The average Bonchev–Trinajstić information content (AvgIpc) is 4.15. The van der Waals surface area contributed by atoms with Gasteiger partial charge >= 0.3 is 0 Å². The Morgan fingerprint density at radius 2 is 0.821 bits per heavy atom. The second-order valence-electron chi connectivity index (χ2n) is 19.1. The number of H-pyrrole nitrogens is 2. The van der Waals surface area contributed by atoms with Crippen LogP contribution in [0.25, 0.3) is 90.9 Å². The highest BCUT2D eigenvalue weighted by atomic mass is 16.6. The van der Waals surface area contributed by atoms with Gasteiger partial charge in [-0.3, -0.25) is 20.2 Å². The second-order valence-corrected chi connectivity index (χ2v) is 19.1. The number of nitro benzene ring substituents is 2. The molecule has 0 saturated heterocycles. The number of nitrogens with one attached hydrogen (secondary N) is 2. The van der Waals surface area contributed by atoms with Crippen LogP contribution in [-0.2, 0) is 10.8 Å². The number of hydrogen-bond acceptors (Lipinski definition) is 8. The highest BCUT2D eigenvalue weighted by Crippen LogP contribution is 2.44. The van der Waals surface area contributed by atoms with Gasteiger partial charge in [0, 0.05) is 86.1 Å². The van der Waals surface area contributed by atoms with Gasteiger partial charge < -0.3 is 19.4 Å². The van der Waals surface area contributed by atoms with Crippen molar-refractivity contribution in [1.29, 1.82) is 0 Å². The lowest BCUT2D eigenvalue weighted by molar-refractivity contribution is -0.385. The van der Waals surface area contributed by atoms with Crippen molar-refractivity contribution in [1.82, 2.24) is 19.9 Å². The van der Waals surface area contributed by atoms with Gasteiger partial charge in [-0.1, -0.05) is 53.7 Å². The number of rotatable bonds is 4. The molecule has 0 aliphatic carbocycles. The van der Waals surface area contributed by atoms with Crippen LogP contribution in [0.3, 0.4) is 0 Å². The first-order valence-electron chi connectivity index (χ1n) is 22.3.